The summed E-state index contributed by atoms with van der Waals surface area (Å²) in [5.74, 6) is 1.50. The molecule has 10 heteroatoms. The molecular weight excluding hydrogens is 419 g/mol. The Kier molecular flexibility index (Phi) is 4.79. The van der Waals surface area contributed by atoms with Gasteiger partial charge in [0, 0.05) is 37.5 Å². The maximum atomic E-state index is 13.7. The highest BCUT2D eigenvalue weighted by atomic mass is 35.5. The summed E-state index contributed by atoms with van der Waals surface area (Å²) in [4.78, 5) is 8.85. The third-order valence-corrected chi connectivity index (χ3v) is 5.15. The highest BCUT2D eigenvalue weighted by Gasteiger charge is 2.11. The van der Waals surface area contributed by atoms with E-state index in [2.05, 4.69) is 30.6 Å². The third-order valence-electron chi connectivity index (χ3n) is 4.84. The fourth-order valence-corrected chi connectivity index (χ4v) is 3.36. The summed E-state index contributed by atoms with van der Waals surface area (Å²) in [6, 6.07) is 12.2. The highest BCUT2D eigenvalue weighted by molar-refractivity contribution is 6.30. The van der Waals surface area contributed by atoms with Crippen LogP contribution in [0.3, 0.4) is 0 Å². The topological polar surface area (TPSA) is 85.8 Å². The normalized spacial score (nSPS) is 11.2. The van der Waals surface area contributed by atoms with Crippen LogP contribution < -0.4 is 5.32 Å². The molecule has 5 rings (SSSR count). The van der Waals surface area contributed by atoms with Gasteiger partial charge in [-0.05, 0) is 35.9 Å². The number of hydrogen-bond acceptors (Lipinski definition) is 6. The molecule has 0 atom stereocenters. The number of nitrogens with one attached hydrogen (secondary N) is 1. The van der Waals surface area contributed by atoms with Crippen molar-refractivity contribution in [1.82, 2.24) is 34.3 Å². The van der Waals surface area contributed by atoms with Gasteiger partial charge >= 0.3 is 0 Å². The molecule has 31 heavy (non-hydrogen) atoms. The van der Waals surface area contributed by atoms with Crippen LogP contribution in [0.1, 0.15) is 11.4 Å². The largest absolute Gasteiger partial charge is 0.309 e. The summed E-state index contributed by atoms with van der Waals surface area (Å²) < 4.78 is 17.3. The molecule has 4 aromatic heterocycles. The Labute approximate surface area is 181 Å². The number of halogens is 2. The lowest BCUT2D eigenvalue weighted by molar-refractivity contribution is 0.626. The molecule has 0 aliphatic carbocycles. The minimum absolute atomic E-state index is 0.0987. The first-order valence-electron chi connectivity index (χ1n) is 9.43. The quantitative estimate of drug-likeness (QED) is 0.449. The molecule has 0 aliphatic heterocycles. The monoisotopic (exact) mass is 434 g/mol. The Hall–Kier alpha value is -3.85. The number of rotatable bonds is 5. The van der Waals surface area contributed by atoms with Crippen molar-refractivity contribution in [3.8, 4) is 11.3 Å². The molecule has 154 valence electrons. The Morgan fingerprint density at radius 2 is 1.97 bits per heavy atom. The molecule has 1 N–H and O–H groups in total. The van der Waals surface area contributed by atoms with E-state index < -0.39 is 5.82 Å². The molecule has 0 saturated carbocycles. The first-order valence-corrected chi connectivity index (χ1v) is 9.81. The highest BCUT2D eigenvalue weighted by Crippen LogP contribution is 2.22. The van der Waals surface area contributed by atoms with Crippen molar-refractivity contribution in [1.29, 1.82) is 0 Å². The van der Waals surface area contributed by atoms with Gasteiger partial charge in [0.05, 0.1) is 16.9 Å². The number of benzene rings is 1. The molecule has 0 aliphatic rings. The van der Waals surface area contributed by atoms with E-state index in [1.807, 2.05) is 41.9 Å². The number of aromatic nitrogens is 7. The van der Waals surface area contributed by atoms with Crippen molar-refractivity contribution >= 4 is 29.0 Å². The van der Waals surface area contributed by atoms with Gasteiger partial charge in [-0.1, -0.05) is 17.7 Å². The fraction of sp³-hybridized carbons (Fsp3) is 0.0952. The van der Waals surface area contributed by atoms with Crippen molar-refractivity contribution in [2.75, 3.05) is 5.32 Å². The minimum atomic E-state index is -0.449. The van der Waals surface area contributed by atoms with Crippen LogP contribution in [0.4, 0.5) is 16.2 Å². The molecule has 0 radical (unpaired) electrons. The predicted octanol–water partition coefficient (Wildman–Crippen LogP) is 4.05. The van der Waals surface area contributed by atoms with E-state index in [-0.39, 0.29) is 5.02 Å². The zero-order valence-corrected chi connectivity index (χ0v) is 17.1. The van der Waals surface area contributed by atoms with Gasteiger partial charge in [0.1, 0.15) is 17.5 Å². The Morgan fingerprint density at radius 3 is 2.77 bits per heavy atom. The fourth-order valence-electron chi connectivity index (χ4n) is 3.24. The number of hydrogen-bond donors (Lipinski definition) is 1. The van der Waals surface area contributed by atoms with Crippen LogP contribution in [0.2, 0.25) is 5.02 Å². The van der Waals surface area contributed by atoms with E-state index in [0.717, 1.165) is 22.6 Å². The molecule has 0 spiro atoms. The molecule has 0 saturated heterocycles. The van der Waals surface area contributed by atoms with Crippen LogP contribution in [0.5, 0.6) is 0 Å². The van der Waals surface area contributed by atoms with Crippen LogP contribution >= 0.6 is 11.6 Å². The van der Waals surface area contributed by atoms with E-state index in [4.69, 9.17) is 11.6 Å². The van der Waals surface area contributed by atoms with E-state index in [0.29, 0.717) is 23.8 Å². The maximum absolute atomic E-state index is 13.7. The molecule has 0 bridgehead atoms. The smallest absolute Gasteiger partial charge is 0.228 e. The van der Waals surface area contributed by atoms with Crippen molar-refractivity contribution < 1.29 is 4.39 Å². The predicted molar refractivity (Wildman–Crippen MR) is 115 cm³/mol. The van der Waals surface area contributed by atoms with Crippen LogP contribution in [0.25, 0.3) is 16.9 Å². The summed E-state index contributed by atoms with van der Waals surface area (Å²) in [7, 11) is 1.83. The summed E-state index contributed by atoms with van der Waals surface area (Å²) in [6.07, 6.45) is 5.69. The van der Waals surface area contributed by atoms with E-state index in [1.54, 1.807) is 29.2 Å². The second-order valence-electron chi connectivity index (χ2n) is 6.92. The second kappa shape index (κ2) is 7.77. The average molecular weight is 435 g/mol. The van der Waals surface area contributed by atoms with Crippen molar-refractivity contribution in [2.24, 2.45) is 7.05 Å². The van der Waals surface area contributed by atoms with Crippen LogP contribution in [-0.2, 0) is 13.5 Å². The third kappa shape index (κ3) is 3.82. The average Bonchev–Trinajstić information content (AvgIpc) is 3.36. The van der Waals surface area contributed by atoms with Gasteiger partial charge in [-0.15, -0.1) is 10.2 Å². The first kappa shape index (κ1) is 19.1. The maximum Gasteiger partial charge on any atom is 0.228 e. The van der Waals surface area contributed by atoms with Crippen molar-refractivity contribution in [3.63, 3.8) is 0 Å². The Balaban J connectivity index is 1.42. The van der Waals surface area contributed by atoms with Gasteiger partial charge in [0.25, 0.3) is 0 Å². The molecule has 8 nitrogen and oxygen atoms in total. The van der Waals surface area contributed by atoms with E-state index in [9.17, 15) is 4.39 Å². The number of pyridine rings is 1. The van der Waals surface area contributed by atoms with Gasteiger partial charge in [-0.25, -0.2) is 14.4 Å². The minimum Gasteiger partial charge on any atom is -0.309 e. The molecule has 0 fully saturated rings. The molecule has 1 aromatic carbocycles. The van der Waals surface area contributed by atoms with Crippen LogP contribution in [0, 0.1) is 5.82 Å². The number of aryl methyl sites for hydroxylation is 1. The lowest BCUT2D eigenvalue weighted by Gasteiger charge is -2.07. The molecule has 0 unspecified atom stereocenters. The van der Waals surface area contributed by atoms with Gasteiger partial charge in [-0.3, -0.25) is 9.08 Å². The summed E-state index contributed by atoms with van der Waals surface area (Å²) in [6.45, 7) is 0. The van der Waals surface area contributed by atoms with Crippen molar-refractivity contribution in [3.05, 3.63) is 83.3 Å². The number of anilines is 2. The Bertz CT molecular complexity index is 1390. The van der Waals surface area contributed by atoms with Gasteiger partial charge < -0.3 is 5.32 Å². The van der Waals surface area contributed by atoms with Gasteiger partial charge in [0.15, 0.2) is 5.65 Å². The number of nitrogens with zero attached hydrogens (tertiary/aromatic N) is 7. The van der Waals surface area contributed by atoms with Gasteiger partial charge in [-0.2, -0.15) is 5.10 Å². The first-order chi connectivity index (χ1) is 15.1. The summed E-state index contributed by atoms with van der Waals surface area (Å²) in [5.41, 5.74) is 3.05. The zero-order valence-electron chi connectivity index (χ0n) is 16.4. The standard InChI is InChI=1S/C21H16ClFN8/c1-30-18(5-8-25-30)27-21-24-7-4-17(26-21)14-6-9-31-19(28-29-20(31)12-14)11-13-2-3-15(22)16(23)10-13/h2-10,12H,11H2,1H3,(H,24,26,27). The lowest BCUT2D eigenvalue weighted by atomic mass is 10.1. The molecular formula is C21H16ClFN8. The van der Waals surface area contributed by atoms with Crippen LogP contribution in [0.15, 0.2) is 61.1 Å². The lowest BCUT2D eigenvalue weighted by Crippen LogP contribution is -2.03. The number of fused-ring (bicyclic) bond motifs is 1. The van der Waals surface area contributed by atoms with Crippen molar-refractivity contribution in [2.45, 2.75) is 6.42 Å². The SMILES string of the molecule is Cn1nccc1Nc1nccc(-c2ccn3c(Cc4ccc(Cl)c(F)c4)nnc3c2)n1. The van der Waals surface area contributed by atoms with Crippen LogP contribution in [-0.4, -0.2) is 34.3 Å². The molecule has 5 aromatic rings. The zero-order chi connectivity index (χ0) is 21.4. The summed E-state index contributed by atoms with van der Waals surface area (Å²) >= 11 is 5.76. The molecule has 4 heterocycles. The Morgan fingerprint density at radius 1 is 1.06 bits per heavy atom. The molecule has 0 amide bonds. The summed E-state index contributed by atoms with van der Waals surface area (Å²) in [5, 5.41) is 15.9. The van der Waals surface area contributed by atoms with E-state index >= 15 is 0 Å². The second-order valence-corrected chi connectivity index (χ2v) is 7.32. The van der Waals surface area contributed by atoms with Gasteiger partial charge in [0.2, 0.25) is 5.95 Å². The van der Waals surface area contributed by atoms with E-state index in [1.165, 1.54) is 6.07 Å².